The van der Waals surface area contributed by atoms with Gasteiger partial charge >= 0.3 is 0 Å². The standard InChI is InChI=1S/C10H17N3O3/c1-7(14)8-4-9(11-5-8)12-16-6-10(15)13(2)3/h8H,4-6H2,1-3H3,(H,11,12). The quantitative estimate of drug-likeness (QED) is 0.664. The molecule has 1 aliphatic heterocycles. The molecule has 1 unspecified atom stereocenters. The van der Waals surface area contributed by atoms with Gasteiger partial charge in [0.15, 0.2) is 6.61 Å². The van der Waals surface area contributed by atoms with Gasteiger partial charge in [-0.25, -0.2) is 0 Å². The maximum atomic E-state index is 11.2. The third-order valence-corrected chi connectivity index (χ3v) is 2.40. The molecule has 0 radical (unpaired) electrons. The predicted octanol–water partition coefficient (Wildman–Crippen LogP) is -0.397. The van der Waals surface area contributed by atoms with E-state index in [2.05, 4.69) is 10.5 Å². The number of aliphatic imine (C=N–C) groups is 1. The third-order valence-electron chi connectivity index (χ3n) is 2.40. The molecule has 0 spiro atoms. The molecule has 0 fully saturated rings. The molecule has 1 amide bonds. The average molecular weight is 227 g/mol. The number of carbonyl (C=O) groups is 2. The fourth-order valence-electron chi connectivity index (χ4n) is 1.24. The maximum absolute atomic E-state index is 11.2. The highest BCUT2D eigenvalue weighted by Crippen LogP contribution is 2.12. The van der Waals surface area contributed by atoms with E-state index in [1.54, 1.807) is 21.0 Å². The number of hydrogen-bond acceptors (Lipinski definition) is 5. The Morgan fingerprint density at radius 3 is 2.75 bits per heavy atom. The molecule has 1 heterocycles. The molecule has 1 rings (SSSR count). The molecular weight excluding hydrogens is 210 g/mol. The van der Waals surface area contributed by atoms with Crippen molar-refractivity contribution in [2.45, 2.75) is 13.3 Å². The van der Waals surface area contributed by atoms with Crippen LogP contribution in [0.4, 0.5) is 0 Å². The van der Waals surface area contributed by atoms with Crippen LogP contribution >= 0.6 is 0 Å². The monoisotopic (exact) mass is 227 g/mol. The van der Waals surface area contributed by atoms with Gasteiger partial charge in [-0.1, -0.05) is 0 Å². The molecule has 6 heteroatoms. The summed E-state index contributed by atoms with van der Waals surface area (Å²) in [7, 11) is 3.31. The van der Waals surface area contributed by atoms with E-state index in [9.17, 15) is 9.59 Å². The van der Waals surface area contributed by atoms with E-state index in [-0.39, 0.29) is 24.2 Å². The van der Waals surface area contributed by atoms with Crippen LogP contribution in [0.15, 0.2) is 4.99 Å². The summed E-state index contributed by atoms with van der Waals surface area (Å²) in [4.78, 5) is 32.8. The molecule has 6 nitrogen and oxygen atoms in total. The van der Waals surface area contributed by atoms with Crippen molar-refractivity contribution in [1.82, 2.24) is 10.4 Å². The minimum atomic E-state index is -0.130. The van der Waals surface area contributed by atoms with Gasteiger partial charge in [-0.3, -0.25) is 24.9 Å². The Labute approximate surface area is 94.6 Å². The summed E-state index contributed by atoms with van der Waals surface area (Å²) < 4.78 is 0. The minimum absolute atomic E-state index is 0.0449. The minimum Gasteiger partial charge on any atom is -0.347 e. The van der Waals surface area contributed by atoms with E-state index in [0.717, 1.165) is 0 Å². The number of Topliss-reactive ketones (excluding diaryl/α,β-unsaturated/α-hetero) is 1. The Bertz CT molecular complexity index is 312. The second kappa shape index (κ2) is 5.60. The van der Waals surface area contributed by atoms with Crippen LogP contribution < -0.4 is 5.48 Å². The molecule has 0 bridgehead atoms. The molecule has 1 aliphatic rings. The lowest BCUT2D eigenvalue weighted by atomic mass is 10.0. The molecule has 90 valence electrons. The largest absolute Gasteiger partial charge is 0.347 e. The van der Waals surface area contributed by atoms with Crippen LogP contribution in [-0.4, -0.2) is 49.7 Å². The van der Waals surface area contributed by atoms with Gasteiger partial charge in [-0.2, -0.15) is 0 Å². The number of carbonyl (C=O) groups excluding carboxylic acids is 2. The van der Waals surface area contributed by atoms with E-state index in [0.29, 0.717) is 18.8 Å². The molecule has 0 saturated carbocycles. The number of rotatable bonds is 4. The maximum Gasteiger partial charge on any atom is 0.250 e. The Balaban J connectivity index is 2.21. The van der Waals surface area contributed by atoms with Crippen molar-refractivity contribution in [2.24, 2.45) is 10.9 Å². The van der Waals surface area contributed by atoms with Crippen LogP contribution in [0.5, 0.6) is 0 Å². The second-order valence-corrected chi connectivity index (χ2v) is 3.98. The fraction of sp³-hybridized carbons (Fsp3) is 0.700. The van der Waals surface area contributed by atoms with Crippen LogP contribution in [0.1, 0.15) is 13.3 Å². The number of amides is 1. The Kier molecular flexibility index (Phi) is 4.42. The highest BCUT2D eigenvalue weighted by Gasteiger charge is 2.22. The van der Waals surface area contributed by atoms with Crippen molar-refractivity contribution >= 4 is 17.5 Å². The number of ketones is 1. The zero-order valence-corrected chi connectivity index (χ0v) is 9.82. The summed E-state index contributed by atoms with van der Waals surface area (Å²) in [6.45, 7) is 2.01. The molecule has 0 saturated heterocycles. The molecule has 0 aromatic carbocycles. The van der Waals surface area contributed by atoms with Crippen LogP contribution in [0.3, 0.4) is 0 Å². The lowest BCUT2D eigenvalue weighted by molar-refractivity contribution is -0.135. The molecule has 1 atom stereocenters. The SMILES string of the molecule is CC(=O)C1CN=C(NOCC(=O)N(C)C)C1. The normalized spacial score (nSPS) is 19.2. The molecule has 0 aromatic rings. The van der Waals surface area contributed by atoms with Gasteiger partial charge in [-0.05, 0) is 6.92 Å². The summed E-state index contributed by atoms with van der Waals surface area (Å²) in [5, 5.41) is 0. The van der Waals surface area contributed by atoms with Gasteiger partial charge in [0.25, 0.3) is 5.91 Å². The van der Waals surface area contributed by atoms with Gasteiger partial charge < -0.3 is 4.90 Å². The van der Waals surface area contributed by atoms with E-state index in [1.165, 1.54) is 4.90 Å². The topological polar surface area (TPSA) is 71.0 Å². The second-order valence-electron chi connectivity index (χ2n) is 3.98. The number of likely N-dealkylation sites (N-methyl/N-ethyl adjacent to an activating group) is 1. The number of nitrogens with zero attached hydrogens (tertiary/aromatic N) is 2. The van der Waals surface area contributed by atoms with Crippen molar-refractivity contribution in [3.63, 3.8) is 0 Å². The van der Waals surface area contributed by atoms with Crippen LogP contribution in [0, 0.1) is 5.92 Å². The molecule has 0 aromatic heterocycles. The van der Waals surface area contributed by atoms with Gasteiger partial charge in [0.05, 0.1) is 6.54 Å². The van der Waals surface area contributed by atoms with Gasteiger partial charge in [0.1, 0.15) is 11.6 Å². The first kappa shape index (κ1) is 12.6. The third kappa shape index (κ3) is 3.62. The van der Waals surface area contributed by atoms with Crippen molar-refractivity contribution in [2.75, 3.05) is 27.2 Å². The number of amidine groups is 1. The summed E-state index contributed by atoms with van der Waals surface area (Å²) in [6.07, 6.45) is 0.561. The van der Waals surface area contributed by atoms with Gasteiger partial charge in [-0.15, -0.1) is 0 Å². The first-order chi connectivity index (χ1) is 7.50. The van der Waals surface area contributed by atoms with Crippen molar-refractivity contribution in [3.8, 4) is 0 Å². The van der Waals surface area contributed by atoms with Crippen molar-refractivity contribution in [3.05, 3.63) is 0 Å². The average Bonchev–Trinajstić information content (AvgIpc) is 2.66. The Morgan fingerprint density at radius 1 is 1.56 bits per heavy atom. The zero-order valence-electron chi connectivity index (χ0n) is 9.82. The van der Waals surface area contributed by atoms with Crippen LogP contribution in [0.25, 0.3) is 0 Å². The van der Waals surface area contributed by atoms with Gasteiger partial charge in [0.2, 0.25) is 0 Å². The van der Waals surface area contributed by atoms with E-state index >= 15 is 0 Å². The molecule has 16 heavy (non-hydrogen) atoms. The summed E-state index contributed by atoms with van der Waals surface area (Å²) in [6, 6.07) is 0. The lowest BCUT2D eigenvalue weighted by Gasteiger charge is -2.11. The Hall–Kier alpha value is -1.43. The fourth-order valence-corrected chi connectivity index (χ4v) is 1.24. The smallest absolute Gasteiger partial charge is 0.250 e. The summed E-state index contributed by atoms with van der Waals surface area (Å²) in [5.74, 6) is 0.585. The molecule has 0 aliphatic carbocycles. The zero-order chi connectivity index (χ0) is 12.1. The summed E-state index contributed by atoms with van der Waals surface area (Å²) in [5.41, 5.74) is 2.60. The van der Waals surface area contributed by atoms with Gasteiger partial charge in [0, 0.05) is 26.4 Å². The lowest BCUT2D eigenvalue weighted by Crippen LogP contribution is -2.32. The van der Waals surface area contributed by atoms with E-state index in [1.807, 2.05) is 0 Å². The first-order valence-corrected chi connectivity index (χ1v) is 5.12. The van der Waals surface area contributed by atoms with Crippen LogP contribution in [-0.2, 0) is 14.4 Å². The van der Waals surface area contributed by atoms with Crippen LogP contribution in [0.2, 0.25) is 0 Å². The van der Waals surface area contributed by atoms with E-state index < -0.39 is 0 Å². The number of hydroxylamine groups is 1. The predicted molar refractivity (Wildman–Crippen MR) is 58.9 cm³/mol. The summed E-state index contributed by atoms with van der Waals surface area (Å²) >= 11 is 0. The number of hydrogen-bond donors (Lipinski definition) is 1. The highest BCUT2D eigenvalue weighted by molar-refractivity contribution is 5.90. The number of nitrogens with one attached hydrogen (secondary N) is 1. The van der Waals surface area contributed by atoms with E-state index in [4.69, 9.17) is 4.84 Å². The van der Waals surface area contributed by atoms with Crippen molar-refractivity contribution < 1.29 is 14.4 Å². The Morgan fingerprint density at radius 2 is 2.25 bits per heavy atom. The molecular formula is C10H17N3O3. The first-order valence-electron chi connectivity index (χ1n) is 5.12. The molecule has 1 N–H and O–H groups in total. The van der Waals surface area contributed by atoms with Crippen molar-refractivity contribution in [1.29, 1.82) is 0 Å². The highest BCUT2D eigenvalue weighted by atomic mass is 16.6.